The first-order valence-electron chi connectivity index (χ1n) is 12.5. The van der Waals surface area contributed by atoms with E-state index in [0.29, 0.717) is 6.04 Å². The summed E-state index contributed by atoms with van der Waals surface area (Å²) in [7, 11) is 2.03. The minimum atomic E-state index is -2.49. The fraction of sp³-hybridized carbons (Fsp3) is 0.920. The Labute approximate surface area is 200 Å². The third kappa shape index (κ3) is 3.76. The molecule has 0 N–H and O–H groups in total. The average molecular weight is 467 g/mol. The monoisotopic (exact) mass is 466 g/mol. The van der Waals surface area contributed by atoms with Gasteiger partial charge in [0.2, 0.25) is 0 Å². The van der Waals surface area contributed by atoms with Gasteiger partial charge in [0, 0.05) is 0 Å². The Bertz CT molecular complexity index is 748. The van der Waals surface area contributed by atoms with Crippen LogP contribution in [0.3, 0.4) is 0 Å². The molecule has 2 aliphatic rings. The molecule has 0 aromatic rings. The Balaban J connectivity index is 3.07. The summed E-state index contributed by atoms with van der Waals surface area (Å²) >= 11 is 0. The molecule has 186 valence electrons. The number of hydrogen-bond donors (Lipinski definition) is 0. The van der Waals surface area contributed by atoms with Gasteiger partial charge in [-0.15, -0.1) is 0 Å². The number of guanidine groups is 2. The molecule has 32 heavy (non-hydrogen) atoms. The second-order valence-corrected chi connectivity index (χ2v) is 16.9. The van der Waals surface area contributed by atoms with Gasteiger partial charge >= 0.3 is 20.6 Å². The molecule has 1 spiro atoms. The molecule has 2 saturated heterocycles. The van der Waals surface area contributed by atoms with Crippen LogP contribution < -0.4 is 0 Å². The lowest BCUT2D eigenvalue weighted by Gasteiger charge is -2.69. The summed E-state index contributed by atoms with van der Waals surface area (Å²) in [5.41, 5.74) is -0.00508. The summed E-state index contributed by atoms with van der Waals surface area (Å²) in [5.74, 6) is 2.74. The third-order valence-corrected chi connectivity index (χ3v) is 12.5. The van der Waals surface area contributed by atoms with E-state index in [1.165, 1.54) is 11.9 Å². The van der Waals surface area contributed by atoms with Crippen LogP contribution in [0.1, 0.15) is 104 Å². The lowest BCUT2D eigenvalue weighted by atomic mass is 10.1. The summed E-state index contributed by atoms with van der Waals surface area (Å²) in [4.78, 5) is 0. The lowest BCUT2D eigenvalue weighted by molar-refractivity contribution is -0.543. The van der Waals surface area contributed by atoms with Crippen molar-refractivity contribution in [3.8, 4) is 0 Å². The van der Waals surface area contributed by atoms with Crippen LogP contribution in [-0.2, 0) is 0 Å². The largest absolute Gasteiger partial charge is 0.811 e. The molecule has 7 heteroatoms. The highest BCUT2D eigenvalue weighted by molar-refractivity contribution is 6.87. The average Bonchev–Trinajstić information content (AvgIpc) is 2.46. The highest BCUT2D eigenvalue weighted by Crippen LogP contribution is 2.54. The summed E-state index contributed by atoms with van der Waals surface area (Å²) in [6, 6.07) is 0.430. The second-order valence-electron chi connectivity index (χ2n) is 13.9. The van der Waals surface area contributed by atoms with Crippen molar-refractivity contribution < 1.29 is 9.15 Å². The Morgan fingerprint density at radius 2 is 0.906 bits per heavy atom. The van der Waals surface area contributed by atoms with E-state index in [9.17, 15) is 0 Å². The zero-order chi connectivity index (χ0) is 25.4. The highest BCUT2D eigenvalue weighted by atomic mass is 28.4. The highest BCUT2D eigenvalue weighted by Gasteiger charge is 2.99. The van der Waals surface area contributed by atoms with Crippen LogP contribution in [0.2, 0.25) is 0 Å². The number of nitrogens with zero attached hydrogens (tertiary/aromatic N) is 6. The van der Waals surface area contributed by atoms with Crippen molar-refractivity contribution >= 4 is 20.6 Å². The molecule has 0 radical (unpaired) electrons. The molecule has 0 saturated carbocycles. The Morgan fingerprint density at radius 1 is 0.625 bits per heavy atom. The van der Waals surface area contributed by atoms with Gasteiger partial charge in [-0.05, 0) is 104 Å². The van der Waals surface area contributed by atoms with E-state index < -0.39 is 8.72 Å². The fourth-order valence-corrected chi connectivity index (χ4v) is 11.9. The molecule has 0 aliphatic carbocycles. The van der Waals surface area contributed by atoms with Gasteiger partial charge in [-0.1, -0.05) is 0 Å². The van der Waals surface area contributed by atoms with E-state index in [0.717, 1.165) is 6.54 Å². The molecule has 0 amide bonds. The third-order valence-electron chi connectivity index (χ3n) is 6.59. The Hall–Kier alpha value is -1.24. The van der Waals surface area contributed by atoms with Crippen molar-refractivity contribution in [3.05, 3.63) is 0 Å². The van der Waals surface area contributed by atoms with Crippen molar-refractivity contribution in [1.29, 1.82) is 0 Å². The van der Waals surface area contributed by atoms with Crippen LogP contribution in [0.15, 0.2) is 0 Å². The van der Waals surface area contributed by atoms with Gasteiger partial charge in [-0.3, -0.25) is 9.15 Å². The molecule has 0 atom stereocenters. The first-order valence-corrected chi connectivity index (χ1v) is 14.3. The molecule has 0 aromatic heterocycles. The summed E-state index contributed by atoms with van der Waals surface area (Å²) in [5, 5.41) is 0. The first-order chi connectivity index (χ1) is 14.1. The Morgan fingerprint density at radius 3 is 1.12 bits per heavy atom. The Kier molecular flexibility index (Phi) is 6.45. The van der Waals surface area contributed by atoms with E-state index in [-0.39, 0.29) is 22.2 Å². The van der Waals surface area contributed by atoms with Crippen molar-refractivity contribution in [3.63, 3.8) is 0 Å². The van der Waals surface area contributed by atoms with Crippen LogP contribution in [0.4, 0.5) is 0 Å². The summed E-state index contributed by atoms with van der Waals surface area (Å²) in [6.07, 6.45) is 0. The molecule has 0 aromatic carbocycles. The minimum Gasteiger partial charge on any atom is -0.269 e. The normalized spacial score (nSPS) is 22.7. The zero-order valence-corrected chi connectivity index (χ0v) is 25.5. The number of hydrogen-bond acceptors (Lipinski definition) is 0. The molecule has 0 bridgehead atoms. The van der Waals surface area contributed by atoms with Crippen molar-refractivity contribution in [1.82, 2.24) is 18.3 Å². The SMILES string of the molecule is CC[N+](C)=C1N(C(C)(C)C)[Si]2(N1C(C)(C)C)N(C(C)(C)C)C(=[N+](C)C(C)C)N2C(C)(C)C. The maximum absolute atomic E-state index is 2.81. The second kappa shape index (κ2) is 7.64. The quantitative estimate of drug-likeness (QED) is 0.447. The number of rotatable bonds is 2. The lowest BCUT2D eigenvalue weighted by Crippen LogP contribution is -3.09. The van der Waals surface area contributed by atoms with E-state index >= 15 is 0 Å². The molecular formula is C25H54N6Si+2. The van der Waals surface area contributed by atoms with Gasteiger partial charge in [0.25, 0.3) is 0 Å². The first kappa shape index (κ1) is 27.0. The van der Waals surface area contributed by atoms with Crippen LogP contribution >= 0.6 is 0 Å². The van der Waals surface area contributed by atoms with Gasteiger partial charge in [0.05, 0.1) is 48.8 Å². The maximum Gasteiger partial charge on any atom is 0.811 e. The van der Waals surface area contributed by atoms with Gasteiger partial charge in [-0.2, -0.15) is 0 Å². The molecular weight excluding hydrogens is 412 g/mol. The minimum absolute atomic E-state index is 0.00165. The van der Waals surface area contributed by atoms with Gasteiger partial charge < -0.3 is 0 Å². The zero-order valence-electron chi connectivity index (χ0n) is 24.5. The van der Waals surface area contributed by atoms with Crippen molar-refractivity contribution in [2.75, 3.05) is 20.6 Å². The maximum atomic E-state index is 2.81. The predicted molar refractivity (Wildman–Crippen MR) is 140 cm³/mol. The summed E-state index contributed by atoms with van der Waals surface area (Å²) in [6.45, 7) is 36.5. The van der Waals surface area contributed by atoms with E-state index in [1.807, 2.05) is 0 Å². The molecule has 2 heterocycles. The molecule has 6 nitrogen and oxygen atoms in total. The smallest absolute Gasteiger partial charge is 0.269 e. The van der Waals surface area contributed by atoms with Crippen molar-refractivity contribution in [2.45, 2.75) is 132 Å². The van der Waals surface area contributed by atoms with E-state index in [4.69, 9.17) is 0 Å². The van der Waals surface area contributed by atoms with Gasteiger partial charge in [-0.25, -0.2) is 18.3 Å². The van der Waals surface area contributed by atoms with Gasteiger partial charge in [0.15, 0.2) is 0 Å². The van der Waals surface area contributed by atoms with Crippen LogP contribution in [0.5, 0.6) is 0 Å². The molecule has 0 unspecified atom stereocenters. The fourth-order valence-electron chi connectivity index (χ4n) is 5.28. The van der Waals surface area contributed by atoms with E-state index in [1.54, 1.807) is 0 Å². The predicted octanol–water partition coefficient (Wildman–Crippen LogP) is 4.28. The topological polar surface area (TPSA) is 19.0 Å². The molecule has 2 fully saturated rings. The van der Waals surface area contributed by atoms with Crippen LogP contribution in [-0.4, -0.2) is 96.9 Å². The standard InChI is InChI=1S/C25H54N6Si/c1-18-26(16)20-28(22(4,5)6)32(29(20)23(7,8)9)30(24(10,11)12)21(27(17)19(2)3)31(32)25(13,14)15/h19H,18H2,1-17H3/q+2. The molecule has 2 rings (SSSR count). The van der Waals surface area contributed by atoms with Crippen molar-refractivity contribution in [2.24, 2.45) is 0 Å². The van der Waals surface area contributed by atoms with Crippen LogP contribution in [0.25, 0.3) is 0 Å². The van der Waals surface area contributed by atoms with Crippen LogP contribution in [0, 0.1) is 0 Å². The van der Waals surface area contributed by atoms with E-state index in [2.05, 4.69) is 145 Å². The van der Waals surface area contributed by atoms with Gasteiger partial charge in [0.1, 0.15) is 0 Å². The molecule has 2 aliphatic heterocycles. The summed E-state index contributed by atoms with van der Waals surface area (Å²) < 4.78 is 16.2.